The van der Waals surface area contributed by atoms with Crippen LogP contribution in [0.5, 0.6) is 0 Å². The summed E-state index contributed by atoms with van der Waals surface area (Å²) in [4.78, 5) is 16.1. The standard InChI is InChI=1S/C24H24ClN5S/c25-19-3-1-2-18(13-19)23-7-5-20(31-23)15-30-10-8-29(9-11-30)14-17-4-6-21-22(12-17)27-16-28-24(21)26/h1-7,12-13,16H,8-11,14-15H2,(H2,26,27,28). The Labute approximate surface area is 191 Å². The van der Waals surface area contributed by atoms with Crippen LogP contribution in [0.1, 0.15) is 10.4 Å². The molecular formula is C24H24ClN5S. The fraction of sp³-hybridized carbons (Fsp3) is 0.250. The average molecular weight is 450 g/mol. The number of benzene rings is 2. The highest BCUT2D eigenvalue weighted by molar-refractivity contribution is 7.15. The molecule has 1 saturated heterocycles. The van der Waals surface area contributed by atoms with Crippen LogP contribution in [0.3, 0.4) is 0 Å². The Morgan fingerprint density at radius 2 is 1.71 bits per heavy atom. The second kappa shape index (κ2) is 8.93. The fourth-order valence-electron chi connectivity index (χ4n) is 4.07. The lowest BCUT2D eigenvalue weighted by Gasteiger charge is -2.34. The first-order chi connectivity index (χ1) is 15.1. The second-order valence-corrected chi connectivity index (χ2v) is 9.54. The Morgan fingerprint density at radius 1 is 0.903 bits per heavy atom. The van der Waals surface area contributed by atoms with Gasteiger partial charge < -0.3 is 5.73 Å². The molecule has 31 heavy (non-hydrogen) atoms. The molecule has 0 spiro atoms. The maximum Gasteiger partial charge on any atom is 0.134 e. The Bertz CT molecular complexity index is 1200. The van der Waals surface area contributed by atoms with Gasteiger partial charge in [0.2, 0.25) is 0 Å². The lowest BCUT2D eigenvalue weighted by molar-refractivity contribution is 0.123. The molecule has 0 unspecified atom stereocenters. The lowest BCUT2D eigenvalue weighted by atomic mass is 10.1. The highest BCUT2D eigenvalue weighted by Gasteiger charge is 2.18. The van der Waals surface area contributed by atoms with Crippen molar-refractivity contribution in [2.75, 3.05) is 31.9 Å². The van der Waals surface area contributed by atoms with Gasteiger partial charge in [-0.05, 0) is 47.5 Å². The zero-order chi connectivity index (χ0) is 21.2. The van der Waals surface area contributed by atoms with E-state index in [1.54, 1.807) is 0 Å². The number of nitrogens with zero attached hydrogens (tertiary/aromatic N) is 4. The van der Waals surface area contributed by atoms with Crippen LogP contribution in [0, 0.1) is 0 Å². The van der Waals surface area contributed by atoms with Crippen molar-refractivity contribution in [2.24, 2.45) is 0 Å². The molecule has 0 atom stereocenters. The maximum absolute atomic E-state index is 6.14. The van der Waals surface area contributed by atoms with Crippen LogP contribution < -0.4 is 5.73 Å². The first-order valence-corrected chi connectivity index (χ1v) is 11.6. The van der Waals surface area contributed by atoms with E-state index in [0.29, 0.717) is 5.82 Å². The third kappa shape index (κ3) is 4.72. The lowest BCUT2D eigenvalue weighted by Crippen LogP contribution is -2.45. The van der Waals surface area contributed by atoms with Crippen molar-refractivity contribution in [1.82, 2.24) is 19.8 Å². The van der Waals surface area contributed by atoms with Gasteiger partial charge in [0.05, 0.1) is 5.52 Å². The van der Waals surface area contributed by atoms with Gasteiger partial charge in [-0.2, -0.15) is 0 Å². The van der Waals surface area contributed by atoms with E-state index in [4.69, 9.17) is 17.3 Å². The zero-order valence-corrected chi connectivity index (χ0v) is 18.7. The van der Waals surface area contributed by atoms with Crippen molar-refractivity contribution in [1.29, 1.82) is 0 Å². The van der Waals surface area contributed by atoms with Crippen LogP contribution in [0.15, 0.2) is 60.9 Å². The summed E-state index contributed by atoms with van der Waals surface area (Å²) in [5.74, 6) is 0.539. The third-order valence-corrected chi connectivity index (χ3v) is 7.11. The minimum Gasteiger partial charge on any atom is -0.383 e. The molecule has 2 aromatic carbocycles. The fourth-order valence-corrected chi connectivity index (χ4v) is 5.30. The van der Waals surface area contributed by atoms with Gasteiger partial charge in [0.15, 0.2) is 0 Å². The Morgan fingerprint density at radius 3 is 2.52 bits per heavy atom. The number of anilines is 1. The van der Waals surface area contributed by atoms with Crippen molar-refractivity contribution >= 4 is 39.7 Å². The minimum atomic E-state index is 0.539. The van der Waals surface area contributed by atoms with E-state index < -0.39 is 0 Å². The summed E-state index contributed by atoms with van der Waals surface area (Å²) in [5.41, 5.74) is 9.31. The van der Waals surface area contributed by atoms with Gasteiger partial charge in [-0.1, -0.05) is 29.8 Å². The summed E-state index contributed by atoms with van der Waals surface area (Å²) < 4.78 is 0. The predicted octanol–water partition coefficient (Wildman–Crippen LogP) is 4.91. The molecule has 3 heterocycles. The summed E-state index contributed by atoms with van der Waals surface area (Å²) in [6.07, 6.45) is 1.53. The molecule has 0 aliphatic carbocycles. The molecule has 0 bridgehead atoms. The van der Waals surface area contributed by atoms with E-state index in [0.717, 1.165) is 55.2 Å². The third-order valence-electron chi connectivity index (χ3n) is 5.75. The smallest absolute Gasteiger partial charge is 0.134 e. The van der Waals surface area contributed by atoms with Crippen LogP contribution in [0.25, 0.3) is 21.3 Å². The molecular weight excluding hydrogens is 426 g/mol. The Hall–Kier alpha value is -2.51. The zero-order valence-electron chi connectivity index (χ0n) is 17.2. The molecule has 1 aliphatic heterocycles. The number of piperazine rings is 1. The molecule has 1 aliphatic rings. The van der Waals surface area contributed by atoms with Crippen LogP contribution in [0.2, 0.25) is 5.02 Å². The summed E-state index contributed by atoms with van der Waals surface area (Å²) in [7, 11) is 0. The number of aromatic nitrogens is 2. The van der Waals surface area contributed by atoms with Crippen molar-refractivity contribution in [3.8, 4) is 10.4 Å². The maximum atomic E-state index is 6.14. The molecule has 2 N–H and O–H groups in total. The molecule has 4 aromatic rings. The number of thiophene rings is 1. The van der Waals surface area contributed by atoms with Crippen molar-refractivity contribution in [2.45, 2.75) is 13.1 Å². The first-order valence-electron chi connectivity index (χ1n) is 10.4. The van der Waals surface area contributed by atoms with Gasteiger partial charge in [0.1, 0.15) is 12.1 Å². The molecule has 5 nitrogen and oxygen atoms in total. The average Bonchev–Trinajstić information content (AvgIpc) is 3.24. The number of nitrogens with two attached hydrogens (primary N) is 1. The second-order valence-electron chi connectivity index (χ2n) is 7.94. The van der Waals surface area contributed by atoms with Crippen LogP contribution in [-0.2, 0) is 13.1 Å². The van der Waals surface area contributed by atoms with Crippen molar-refractivity contribution in [3.05, 3.63) is 76.4 Å². The topological polar surface area (TPSA) is 58.3 Å². The van der Waals surface area contributed by atoms with E-state index in [9.17, 15) is 0 Å². The number of hydrogen-bond donors (Lipinski definition) is 1. The monoisotopic (exact) mass is 449 g/mol. The Balaban J connectivity index is 1.17. The minimum absolute atomic E-state index is 0.539. The number of halogens is 1. The van der Waals surface area contributed by atoms with Gasteiger partial charge >= 0.3 is 0 Å². The van der Waals surface area contributed by atoms with Crippen LogP contribution >= 0.6 is 22.9 Å². The quantitative estimate of drug-likeness (QED) is 0.469. The van der Waals surface area contributed by atoms with Crippen molar-refractivity contribution < 1.29 is 0 Å². The first kappa shape index (κ1) is 20.4. The van der Waals surface area contributed by atoms with Gasteiger partial charge in [-0.25, -0.2) is 9.97 Å². The largest absolute Gasteiger partial charge is 0.383 e. The molecule has 7 heteroatoms. The number of fused-ring (bicyclic) bond motifs is 1. The summed E-state index contributed by atoms with van der Waals surface area (Å²) in [5, 5.41) is 1.70. The van der Waals surface area contributed by atoms with Gasteiger partial charge in [0.25, 0.3) is 0 Å². The molecule has 0 saturated carbocycles. The van der Waals surface area contributed by atoms with Gasteiger partial charge in [-0.15, -0.1) is 11.3 Å². The van der Waals surface area contributed by atoms with Crippen LogP contribution in [-0.4, -0.2) is 45.9 Å². The highest BCUT2D eigenvalue weighted by Crippen LogP contribution is 2.30. The molecule has 2 aromatic heterocycles. The van der Waals surface area contributed by atoms with E-state index in [1.165, 1.54) is 27.2 Å². The van der Waals surface area contributed by atoms with E-state index in [2.05, 4.69) is 50.1 Å². The van der Waals surface area contributed by atoms with Crippen molar-refractivity contribution in [3.63, 3.8) is 0 Å². The summed E-state index contributed by atoms with van der Waals surface area (Å²) in [6.45, 7) is 6.23. The normalized spacial score (nSPS) is 15.5. The van der Waals surface area contributed by atoms with E-state index in [-0.39, 0.29) is 0 Å². The van der Waals surface area contributed by atoms with Crippen LogP contribution in [0.4, 0.5) is 5.82 Å². The number of rotatable bonds is 5. The van der Waals surface area contributed by atoms with E-state index in [1.807, 2.05) is 35.6 Å². The van der Waals surface area contributed by atoms with Gasteiger partial charge in [0, 0.05) is 59.4 Å². The number of nitrogen functional groups attached to an aromatic ring is 1. The molecule has 0 amide bonds. The van der Waals surface area contributed by atoms with Gasteiger partial charge in [-0.3, -0.25) is 9.80 Å². The predicted molar refractivity (Wildman–Crippen MR) is 129 cm³/mol. The molecule has 5 rings (SSSR count). The number of hydrogen-bond acceptors (Lipinski definition) is 6. The summed E-state index contributed by atoms with van der Waals surface area (Å²) >= 11 is 8.00. The van der Waals surface area contributed by atoms with E-state index >= 15 is 0 Å². The molecule has 1 fully saturated rings. The molecule has 0 radical (unpaired) electrons. The highest BCUT2D eigenvalue weighted by atomic mass is 35.5. The Kier molecular flexibility index (Phi) is 5.87. The summed E-state index contributed by atoms with van der Waals surface area (Å²) in [6, 6.07) is 18.8. The SMILES string of the molecule is Nc1ncnc2cc(CN3CCN(Cc4ccc(-c5cccc(Cl)c5)s4)CC3)ccc12. The molecule has 158 valence electrons.